The molecular formula is C18H22BrNO. The van der Waals surface area contributed by atoms with E-state index in [0.29, 0.717) is 0 Å². The fraction of sp³-hybridized carbons (Fsp3) is 0.333. The molecule has 0 saturated heterocycles. The highest BCUT2D eigenvalue weighted by molar-refractivity contribution is 9.10. The maximum absolute atomic E-state index is 5.93. The summed E-state index contributed by atoms with van der Waals surface area (Å²) in [6, 6.07) is 12.2. The molecule has 112 valence electrons. The second-order valence-corrected chi connectivity index (χ2v) is 5.96. The molecule has 1 N–H and O–H groups in total. The predicted octanol–water partition coefficient (Wildman–Crippen LogP) is 5.50. The molecule has 0 radical (unpaired) electrons. The maximum Gasteiger partial charge on any atom is 0.134 e. The van der Waals surface area contributed by atoms with Crippen LogP contribution in [0.4, 0.5) is 0 Å². The van der Waals surface area contributed by atoms with Crippen LogP contribution >= 0.6 is 15.9 Å². The van der Waals surface area contributed by atoms with Crippen molar-refractivity contribution in [1.82, 2.24) is 5.32 Å². The normalized spacial score (nSPS) is 11.9. The Morgan fingerprint density at radius 1 is 1.14 bits per heavy atom. The number of nitrogens with one attached hydrogen (secondary N) is 1. The summed E-state index contributed by atoms with van der Waals surface area (Å²) in [4.78, 5) is 0. The van der Waals surface area contributed by atoms with Gasteiger partial charge in [0, 0.05) is 16.6 Å². The van der Waals surface area contributed by atoms with Crippen molar-refractivity contribution in [2.24, 2.45) is 0 Å². The zero-order valence-corrected chi connectivity index (χ0v) is 14.2. The smallest absolute Gasteiger partial charge is 0.134 e. The third-order valence-corrected chi connectivity index (χ3v) is 3.86. The number of hydrogen-bond acceptors (Lipinski definition) is 2. The van der Waals surface area contributed by atoms with Crippen LogP contribution < -0.4 is 5.32 Å². The molecule has 2 nitrogen and oxygen atoms in total. The van der Waals surface area contributed by atoms with E-state index >= 15 is 0 Å². The van der Waals surface area contributed by atoms with Crippen LogP contribution in [-0.4, -0.2) is 13.1 Å². The van der Waals surface area contributed by atoms with Crippen LogP contribution in [0.5, 0.6) is 0 Å². The molecule has 2 rings (SSSR count). The standard InChI is InChI=1S/C18H22BrNO/c1-3-11-20-13-14(4-2)12-17-9-10-18(21-17)15-5-7-16(19)8-6-15/h5-10,12,20H,3-4,11,13H2,1-2H3. The average molecular weight is 348 g/mol. The Bertz CT molecular complexity index is 584. The Morgan fingerprint density at radius 3 is 2.57 bits per heavy atom. The van der Waals surface area contributed by atoms with Gasteiger partial charge < -0.3 is 9.73 Å². The SMILES string of the molecule is CCCNCC(=Cc1ccc(-c2ccc(Br)cc2)o1)CC. The number of rotatable bonds is 7. The maximum atomic E-state index is 5.93. The highest BCUT2D eigenvalue weighted by Crippen LogP contribution is 2.25. The Balaban J connectivity index is 2.09. The molecular weight excluding hydrogens is 326 g/mol. The van der Waals surface area contributed by atoms with E-state index in [2.05, 4.69) is 53.3 Å². The summed E-state index contributed by atoms with van der Waals surface area (Å²) >= 11 is 3.45. The molecule has 3 heteroatoms. The highest BCUT2D eigenvalue weighted by Gasteiger charge is 2.04. The van der Waals surface area contributed by atoms with Crippen LogP contribution in [0.3, 0.4) is 0 Å². The molecule has 0 spiro atoms. The van der Waals surface area contributed by atoms with Crippen molar-refractivity contribution in [2.75, 3.05) is 13.1 Å². The van der Waals surface area contributed by atoms with Crippen molar-refractivity contribution >= 4 is 22.0 Å². The van der Waals surface area contributed by atoms with E-state index in [4.69, 9.17) is 4.42 Å². The summed E-state index contributed by atoms with van der Waals surface area (Å²) in [5.41, 5.74) is 2.46. The van der Waals surface area contributed by atoms with E-state index in [-0.39, 0.29) is 0 Å². The Labute approximate surface area is 135 Å². The number of furan rings is 1. The van der Waals surface area contributed by atoms with Crippen LogP contribution in [0.2, 0.25) is 0 Å². The summed E-state index contributed by atoms with van der Waals surface area (Å²) in [5, 5.41) is 3.44. The quantitative estimate of drug-likeness (QED) is 0.668. The Morgan fingerprint density at radius 2 is 1.90 bits per heavy atom. The second kappa shape index (κ2) is 8.20. The minimum absolute atomic E-state index is 0.908. The Hall–Kier alpha value is -1.32. The van der Waals surface area contributed by atoms with Crippen molar-refractivity contribution in [3.05, 3.63) is 52.2 Å². The summed E-state index contributed by atoms with van der Waals surface area (Å²) < 4.78 is 7.01. The number of halogens is 1. The summed E-state index contributed by atoms with van der Waals surface area (Å²) in [6.45, 7) is 6.34. The van der Waals surface area contributed by atoms with E-state index < -0.39 is 0 Å². The first-order chi connectivity index (χ1) is 10.2. The average Bonchev–Trinajstić information content (AvgIpc) is 2.95. The molecule has 0 bridgehead atoms. The molecule has 0 aliphatic carbocycles. The van der Waals surface area contributed by atoms with E-state index in [9.17, 15) is 0 Å². The van der Waals surface area contributed by atoms with Crippen molar-refractivity contribution < 1.29 is 4.42 Å². The van der Waals surface area contributed by atoms with Crippen molar-refractivity contribution in [3.8, 4) is 11.3 Å². The third kappa shape index (κ3) is 4.87. The molecule has 0 fully saturated rings. The van der Waals surface area contributed by atoms with Crippen molar-refractivity contribution in [3.63, 3.8) is 0 Å². The molecule has 0 aliphatic heterocycles. The lowest BCUT2D eigenvalue weighted by atomic mass is 10.1. The van der Waals surface area contributed by atoms with Gasteiger partial charge in [0.15, 0.2) is 0 Å². The molecule has 2 aromatic rings. The van der Waals surface area contributed by atoms with Gasteiger partial charge in [0.1, 0.15) is 11.5 Å². The summed E-state index contributed by atoms with van der Waals surface area (Å²) in [5.74, 6) is 1.83. The van der Waals surface area contributed by atoms with Gasteiger partial charge in [-0.15, -0.1) is 0 Å². The van der Waals surface area contributed by atoms with E-state index in [1.807, 2.05) is 24.3 Å². The third-order valence-electron chi connectivity index (χ3n) is 3.33. The van der Waals surface area contributed by atoms with Gasteiger partial charge in [-0.3, -0.25) is 0 Å². The number of hydrogen-bond donors (Lipinski definition) is 1. The van der Waals surface area contributed by atoms with Gasteiger partial charge in [-0.25, -0.2) is 0 Å². The molecule has 0 saturated carbocycles. The van der Waals surface area contributed by atoms with Gasteiger partial charge in [-0.1, -0.05) is 47.5 Å². The fourth-order valence-corrected chi connectivity index (χ4v) is 2.37. The van der Waals surface area contributed by atoms with Gasteiger partial charge in [0.25, 0.3) is 0 Å². The van der Waals surface area contributed by atoms with Gasteiger partial charge in [0.2, 0.25) is 0 Å². The second-order valence-electron chi connectivity index (χ2n) is 5.04. The lowest BCUT2D eigenvalue weighted by Gasteiger charge is -2.05. The molecule has 0 atom stereocenters. The molecule has 0 amide bonds. The molecule has 1 aromatic heterocycles. The zero-order valence-electron chi connectivity index (χ0n) is 12.7. The van der Waals surface area contributed by atoms with E-state index in [1.54, 1.807) is 0 Å². The molecule has 1 aromatic carbocycles. The van der Waals surface area contributed by atoms with Crippen LogP contribution in [0.25, 0.3) is 17.4 Å². The lowest BCUT2D eigenvalue weighted by Crippen LogP contribution is -2.17. The van der Waals surface area contributed by atoms with Crippen LogP contribution in [-0.2, 0) is 0 Å². The first-order valence-corrected chi connectivity index (χ1v) is 8.28. The van der Waals surface area contributed by atoms with E-state index in [1.165, 1.54) is 5.57 Å². The zero-order chi connectivity index (χ0) is 15.1. The van der Waals surface area contributed by atoms with Crippen molar-refractivity contribution in [2.45, 2.75) is 26.7 Å². The minimum Gasteiger partial charge on any atom is -0.457 e. The molecule has 1 heterocycles. The predicted molar refractivity (Wildman–Crippen MR) is 93.3 cm³/mol. The fourth-order valence-electron chi connectivity index (χ4n) is 2.10. The van der Waals surface area contributed by atoms with Gasteiger partial charge in [0.05, 0.1) is 0 Å². The number of benzene rings is 1. The van der Waals surface area contributed by atoms with Gasteiger partial charge in [-0.2, -0.15) is 0 Å². The molecule has 0 aliphatic rings. The van der Waals surface area contributed by atoms with Gasteiger partial charge >= 0.3 is 0 Å². The van der Waals surface area contributed by atoms with Crippen LogP contribution in [0, 0.1) is 0 Å². The molecule has 0 unspecified atom stereocenters. The monoisotopic (exact) mass is 347 g/mol. The highest BCUT2D eigenvalue weighted by atomic mass is 79.9. The largest absolute Gasteiger partial charge is 0.457 e. The van der Waals surface area contributed by atoms with Gasteiger partial charge in [-0.05, 0) is 49.7 Å². The minimum atomic E-state index is 0.908. The van der Waals surface area contributed by atoms with Crippen LogP contribution in [0.1, 0.15) is 32.4 Å². The summed E-state index contributed by atoms with van der Waals surface area (Å²) in [7, 11) is 0. The molecule has 21 heavy (non-hydrogen) atoms. The lowest BCUT2D eigenvalue weighted by molar-refractivity contribution is 0.570. The first kappa shape index (κ1) is 16.1. The van der Waals surface area contributed by atoms with Crippen LogP contribution in [0.15, 0.2) is 50.9 Å². The summed E-state index contributed by atoms with van der Waals surface area (Å²) in [6.07, 6.45) is 4.33. The first-order valence-electron chi connectivity index (χ1n) is 7.49. The van der Waals surface area contributed by atoms with Crippen molar-refractivity contribution in [1.29, 1.82) is 0 Å². The Kier molecular flexibility index (Phi) is 6.27. The van der Waals surface area contributed by atoms with E-state index in [0.717, 1.165) is 47.5 Å². The topological polar surface area (TPSA) is 25.2 Å².